The van der Waals surface area contributed by atoms with E-state index in [9.17, 15) is 5.26 Å². The molecule has 8 aromatic rings. The predicted octanol–water partition coefficient (Wildman–Crippen LogP) is 8.22. The summed E-state index contributed by atoms with van der Waals surface area (Å²) in [6.07, 6.45) is 0. The second-order valence-corrected chi connectivity index (χ2v) is 10.5. The molecule has 0 saturated carbocycles. The molecule has 3 aromatic heterocycles. The number of nitrogens with zero attached hydrogens (tertiary/aromatic N) is 6. The molecule has 0 spiro atoms. The van der Waals surface area contributed by atoms with Gasteiger partial charge in [0.1, 0.15) is 11.6 Å². The highest BCUT2D eigenvalue weighted by Crippen LogP contribution is 2.37. The van der Waals surface area contributed by atoms with E-state index in [0.29, 0.717) is 28.6 Å². The Kier molecular flexibility index (Phi) is 5.22. The maximum Gasteiger partial charge on any atom is 0.164 e. The molecular weight excluding hydrogens is 516 g/mol. The fraction of sp³-hybridized carbons (Fsp3) is 0.0556. The Morgan fingerprint density at radius 3 is 1.57 bits per heavy atom. The van der Waals surface area contributed by atoms with Crippen LogP contribution in [-0.2, 0) is 0 Å². The third-order valence-electron chi connectivity index (χ3n) is 7.98. The van der Waals surface area contributed by atoms with Gasteiger partial charge in [0, 0.05) is 38.5 Å². The molecule has 0 N–H and O–H groups in total. The summed E-state index contributed by atoms with van der Waals surface area (Å²) >= 11 is 0. The molecule has 42 heavy (non-hydrogen) atoms. The van der Waals surface area contributed by atoms with Gasteiger partial charge in [-0.05, 0) is 62.4 Å². The van der Waals surface area contributed by atoms with Crippen molar-refractivity contribution in [3.63, 3.8) is 0 Å². The summed E-state index contributed by atoms with van der Waals surface area (Å²) in [5.41, 5.74) is 7.68. The first-order valence-electron chi connectivity index (χ1n) is 13.9. The lowest BCUT2D eigenvalue weighted by molar-refractivity contribution is 0.928. The second kappa shape index (κ2) is 9.12. The van der Waals surface area contributed by atoms with E-state index >= 15 is 0 Å². The van der Waals surface area contributed by atoms with Crippen LogP contribution in [0.3, 0.4) is 0 Å². The standard InChI is InChI=1S/C36H24N6/c1-22-38-23(2)40-36(39-22)27-17-15-25(19-24(27)21-37)42-34-14-8-5-11-30(34)31-18-16-26(20-35(31)42)41-32-12-6-3-9-28(32)29-10-4-7-13-33(29)41/h3-20H,1-2H3. The first-order valence-corrected chi connectivity index (χ1v) is 13.9. The third kappa shape index (κ3) is 3.54. The minimum absolute atomic E-state index is 0.513. The van der Waals surface area contributed by atoms with Crippen molar-refractivity contribution < 1.29 is 0 Å². The highest BCUT2D eigenvalue weighted by atomic mass is 15.0. The van der Waals surface area contributed by atoms with E-state index in [-0.39, 0.29) is 0 Å². The Morgan fingerprint density at radius 1 is 0.524 bits per heavy atom. The van der Waals surface area contributed by atoms with Gasteiger partial charge in [-0.1, -0.05) is 60.7 Å². The first kappa shape index (κ1) is 24.0. The topological polar surface area (TPSA) is 72.3 Å². The van der Waals surface area contributed by atoms with Crippen molar-refractivity contribution in [3.8, 4) is 28.8 Å². The maximum atomic E-state index is 10.2. The lowest BCUT2D eigenvalue weighted by Crippen LogP contribution is -2.01. The minimum Gasteiger partial charge on any atom is -0.309 e. The van der Waals surface area contributed by atoms with Crippen molar-refractivity contribution in [1.82, 2.24) is 24.1 Å². The van der Waals surface area contributed by atoms with Gasteiger partial charge in [0.05, 0.1) is 33.7 Å². The molecule has 0 aliphatic rings. The number of hydrogen-bond donors (Lipinski definition) is 0. The molecule has 0 aliphatic heterocycles. The number of hydrogen-bond acceptors (Lipinski definition) is 4. The van der Waals surface area contributed by atoms with Gasteiger partial charge in [-0.3, -0.25) is 0 Å². The molecule has 3 heterocycles. The summed E-state index contributed by atoms with van der Waals surface area (Å²) < 4.78 is 4.58. The summed E-state index contributed by atoms with van der Waals surface area (Å²) in [6.45, 7) is 3.68. The average molecular weight is 541 g/mol. The van der Waals surface area contributed by atoms with Crippen LogP contribution in [-0.4, -0.2) is 24.1 Å². The van der Waals surface area contributed by atoms with Gasteiger partial charge in [-0.15, -0.1) is 0 Å². The molecule has 198 valence electrons. The van der Waals surface area contributed by atoms with E-state index in [0.717, 1.165) is 33.2 Å². The average Bonchev–Trinajstić information content (AvgIpc) is 3.53. The van der Waals surface area contributed by atoms with Gasteiger partial charge >= 0.3 is 0 Å². The van der Waals surface area contributed by atoms with E-state index < -0.39 is 0 Å². The maximum absolute atomic E-state index is 10.2. The third-order valence-corrected chi connectivity index (χ3v) is 7.98. The van der Waals surface area contributed by atoms with Gasteiger partial charge in [-0.25, -0.2) is 15.0 Å². The monoisotopic (exact) mass is 540 g/mol. The van der Waals surface area contributed by atoms with Gasteiger partial charge in [0.25, 0.3) is 0 Å². The number of aryl methyl sites for hydroxylation is 2. The van der Waals surface area contributed by atoms with Gasteiger partial charge in [0.2, 0.25) is 0 Å². The Bertz CT molecular complexity index is 2330. The fourth-order valence-electron chi connectivity index (χ4n) is 6.27. The van der Waals surface area contributed by atoms with Gasteiger partial charge in [-0.2, -0.15) is 5.26 Å². The molecule has 0 bridgehead atoms. The summed E-state index contributed by atoms with van der Waals surface area (Å²) in [5.74, 6) is 1.77. The van der Waals surface area contributed by atoms with E-state index in [1.54, 1.807) is 0 Å². The van der Waals surface area contributed by atoms with Crippen LogP contribution >= 0.6 is 0 Å². The van der Waals surface area contributed by atoms with Crippen molar-refractivity contribution in [3.05, 3.63) is 126 Å². The van der Waals surface area contributed by atoms with Crippen molar-refractivity contribution >= 4 is 43.6 Å². The fourth-order valence-corrected chi connectivity index (χ4v) is 6.27. The lowest BCUT2D eigenvalue weighted by atomic mass is 10.1. The van der Waals surface area contributed by atoms with Crippen LogP contribution in [0.4, 0.5) is 0 Å². The summed E-state index contributed by atoms with van der Waals surface area (Å²) in [4.78, 5) is 13.3. The molecule has 0 aliphatic carbocycles. The highest BCUT2D eigenvalue weighted by Gasteiger charge is 2.18. The molecule has 0 amide bonds. The Hall–Kier alpha value is -5.80. The molecule has 0 fully saturated rings. The lowest BCUT2D eigenvalue weighted by Gasteiger charge is -2.12. The largest absolute Gasteiger partial charge is 0.309 e. The zero-order valence-electron chi connectivity index (χ0n) is 23.1. The van der Waals surface area contributed by atoms with Crippen molar-refractivity contribution in [2.24, 2.45) is 0 Å². The van der Waals surface area contributed by atoms with Gasteiger partial charge in [0.15, 0.2) is 5.82 Å². The summed E-state index contributed by atoms with van der Waals surface area (Å²) in [7, 11) is 0. The van der Waals surface area contributed by atoms with E-state index in [1.807, 2.05) is 32.0 Å². The zero-order valence-corrected chi connectivity index (χ0v) is 23.1. The molecule has 0 radical (unpaired) electrons. The molecule has 8 rings (SSSR count). The van der Waals surface area contributed by atoms with Crippen LogP contribution in [0.25, 0.3) is 66.4 Å². The smallest absolute Gasteiger partial charge is 0.164 e. The number of aromatic nitrogens is 5. The van der Waals surface area contributed by atoms with Crippen LogP contribution in [0.2, 0.25) is 0 Å². The SMILES string of the molecule is Cc1nc(C)nc(-c2ccc(-n3c4ccccc4c4ccc(-n5c6ccccc6c6ccccc65)cc43)cc2C#N)n1. The van der Waals surface area contributed by atoms with Crippen molar-refractivity contribution in [2.45, 2.75) is 13.8 Å². The molecule has 0 atom stereocenters. The molecular formula is C36H24N6. The first-order chi connectivity index (χ1) is 20.6. The Balaban J connectivity index is 1.40. The number of benzene rings is 5. The molecule has 0 saturated heterocycles. The number of para-hydroxylation sites is 3. The highest BCUT2D eigenvalue weighted by molar-refractivity contribution is 6.12. The Morgan fingerprint density at radius 2 is 1.00 bits per heavy atom. The van der Waals surface area contributed by atoms with Crippen LogP contribution in [0, 0.1) is 25.2 Å². The predicted molar refractivity (Wildman–Crippen MR) is 168 cm³/mol. The quantitative estimate of drug-likeness (QED) is 0.226. The van der Waals surface area contributed by atoms with Crippen molar-refractivity contribution in [1.29, 1.82) is 5.26 Å². The number of nitriles is 1. The van der Waals surface area contributed by atoms with Crippen LogP contribution in [0.15, 0.2) is 109 Å². The normalized spacial score (nSPS) is 11.5. The molecule has 5 aromatic carbocycles. The van der Waals surface area contributed by atoms with Crippen LogP contribution in [0.5, 0.6) is 0 Å². The van der Waals surface area contributed by atoms with Gasteiger partial charge < -0.3 is 9.13 Å². The minimum atomic E-state index is 0.513. The van der Waals surface area contributed by atoms with Crippen LogP contribution in [0.1, 0.15) is 17.2 Å². The number of rotatable bonds is 3. The van der Waals surface area contributed by atoms with Crippen molar-refractivity contribution in [2.75, 3.05) is 0 Å². The summed E-state index contributed by atoms with van der Waals surface area (Å²) in [5, 5.41) is 15.0. The Labute approximate surface area is 241 Å². The molecule has 0 unspecified atom stereocenters. The zero-order chi connectivity index (χ0) is 28.4. The number of fused-ring (bicyclic) bond motifs is 6. The molecule has 6 heteroatoms. The second-order valence-electron chi connectivity index (χ2n) is 10.5. The van der Waals surface area contributed by atoms with E-state index in [2.05, 4.69) is 121 Å². The van der Waals surface area contributed by atoms with Crippen LogP contribution < -0.4 is 0 Å². The summed E-state index contributed by atoms with van der Waals surface area (Å²) in [6, 6.07) is 40.5. The molecule has 6 nitrogen and oxygen atoms in total. The van der Waals surface area contributed by atoms with E-state index in [1.165, 1.54) is 21.8 Å². The van der Waals surface area contributed by atoms with E-state index in [4.69, 9.17) is 0 Å².